The zero-order valence-corrected chi connectivity index (χ0v) is 13.6. The summed E-state index contributed by atoms with van der Waals surface area (Å²) in [4.78, 5) is 14.1. The maximum atomic E-state index is 13.0. The summed E-state index contributed by atoms with van der Waals surface area (Å²) in [6, 6.07) is 5.38. The Bertz CT molecular complexity index is 603. The Kier molecular flexibility index (Phi) is 6.97. The Hall–Kier alpha value is -2.17. The van der Waals surface area contributed by atoms with Gasteiger partial charge in [0.25, 0.3) is 0 Å². The number of rotatable bonds is 7. The lowest BCUT2D eigenvalue weighted by atomic mass is 10.2. The summed E-state index contributed by atoms with van der Waals surface area (Å²) in [7, 11) is 0. The van der Waals surface area contributed by atoms with Gasteiger partial charge in [-0.3, -0.25) is 4.90 Å². The molecule has 1 fully saturated rings. The van der Waals surface area contributed by atoms with Crippen LogP contribution in [0.4, 0.5) is 14.9 Å². The van der Waals surface area contributed by atoms with Gasteiger partial charge in [0, 0.05) is 12.6 Å². The number of hydrogen-bond acceptors (Lipinski definition) is 4. The second kappa shape index (κ2) is 9.21. The van der Waals surface area contributed by atoms with Crippen LogP contribution in [-0.4, -0.2) is 48.3 Å². The predicted molar refractivity (Wildman–Crippen MR) is 89.1 cm³/mol. The van der Waals surface area contributed by atoms with Crippen molar-refractivity contribution in [2.24, 2.45) is 0 Å². The monoisotopic (exact) mass is 334 g/mol. The predicted octanol–water partition coefficient (Wildman–Crippen LogP) is 2.06. The molecule has 1 heterocycles. The van der Waals surface area contributed by atoms with Crippen LogP contribution in [0.1, 0.15) is 31.2 Å². The molecule has 1 aliphatic rings. The number of aliphatic hydroxyl groups excluding tert-OH is 1. The minimum atomic E-state index is -0.513. The van der Waals surface area contributed by atoms with Crippen molar-refractivity contribution in [3.05, 3.63) is 29.6 Å². The number of amides is 2. The van der Waals surface area contributed by atoms with Crippen LogP contribution >= 0.6 is 0 Å². The normalized spacial score (nSPS) is 17.5. The minimum absolute atomic E-state index is 0.0919. The van der Waals surface area contributed by atoms with Gasteiger partial charge in [-0.2, -0.15) is 5.26 Å². The van der Waals surface area contributed by atoms with Crippen LogP contribution in [0.2, 0.25) is 0 Å². The molecule has 130 valence electrons. The average Bonchev–Trinajstić information content (AvgIpc) is 3.03. The van der Waals surface area contributed by atoms with Crippen LogP contribution in [0.15, 0.2) is 18.2 Å². The number of carbonyl (C=O) groups is 1. The van der Waals surface area contributed by atoms with E-state index < -0.39 is 11.8 Å². The Balaban J connectivity index is 1.66. The van der Waals surface area contributed by atoms with Crippen molar-refractivity contribution < 1.29 is 14.3 Å². The minimum Gasteiger partial charge on any atom is -0.395 e. The molecule has 0 aromatic heterocycles. The summed E-state index contributed by atoms with van der Waals surface area (Å²) in [5.74, 6) is -0.513. The number of halogens is 1. The van der Waals surface area contributed by atoms with E-state index in [1.165, 1.54) is 12.1 Å². The maximum Gasteiger partial charge on any atom is 0.319 e. The number of nitrogens with one attached hydrogen (secondary N) is 2. The molecule has 0 spiro atoms. The van der Waals surface area contributed by atoms with Gasteiger partial charge >= 0.3 is 6.03 Å². The highest BCUT2D eigenvalue weighted by Gasteiger charge is 2.22. The highest BCUT2D eigenvalue weighted by Crippen LogP contribution is 2.17. The molecule has 0 aliphatic carbocycles. The molecule has 1 aromatic carbocycles. The SMILES string of the molecule is N#Cc1cc(F)ccc1NC(=O)NCCCCN1CCCC1CO. The zero-order valence-electron chi connectivity index (χ0n) is 13.6. The van der Waals surface area contributed by atoms with Crippen molar-refractivity contribution in [1.82, 2.24) is 10.2 Å². The molecule has 6 nitrogen and oxygen atoms in total. The molecule has 0 saturated carbocycles. The zero-order chi connectivity index (χ0) is 17.4. The smallest absolute Gasteiger partial charge is 0.319 e. The summed E-state index contributed by atoms with van der Waals surface area (Å²) in [6.45, 7) is 2.68. The van der Waals surface area contributed by atoms with E-state index in [2.05, 4.69) is 15.5 Å². The fourth-order valence-corrected chi connectivity index (χ4v) is 2.92. The molecule has 0 bridgehead atoms. The quantitative estimate of drug-likeness (QED) is 0.666. The Morgan fingerprint density at radius 1 is 1.46 bits per heavy atom. The topological polar surface area (TPSA) is 88.4 Å². The van der Waals surface area contributed by atoms with E-state index in [4.69, 9.17) is 5.26 Å². The molecule has 3 N–H and O–H groups in total. The third-order valence-corrected chi connectivity index (χ3v) is 4.22. The van der Waals surface area contributed by atoms with Crippen molar-refractivity contribution in [2.45, 2.75) is 31.7 Å². The van der Waals surface area contributed by atoms with E-state index in [9.17, 15) is 14.3 Å². The second-order valence-corrected chi connectivity index (χ2v) is 5.90. The number of urea groups is 1. The molecule has 1 saturated heterocycles. The molecular formula is C17H23FN4O2. The number of likely N-dealkylation sites (tertiary alicyclic amines) is 1. The number of nitriles is 1. The van der Waals surface area contributed by atoms with Crippen LogP contribution in [0.3, 0.4) is 0 Å². The van der Waals surface area contributed by atoms with Gasteiger partial charge in [0.2, 0.25) is 0 Å². The second-order valence-electron chi connectivity index (χ2n) is 5.90. The van der Waals surface area contributed by atoms with Gasteiger partial charge in [-0.15, -0.1) is 0 Å². The lowest BCUT2D eigenvalue weighted by molar-refractivity contribution is 0.157. The molecule has 1 aliphatic heterocycles. The van der Waals surface area contributed by atoms with E-state index >= 15 is 0 Å². The van der Waals surface area contributed by atoms with Crippen LogP contribution in [0.25, 0.3) is 0 Å². The summed E-state index contributed by atoms with van der Waals surface area (Å²) < 4.78 is 13.0. The van der Waals surface area contributed by atoms with E-state index in [-0.39, 0.29) is 18.2 Å². The summed E-state index contributed by atoms with van der Waals surface area (Å²) in [5.41, 5.74) is 0.383. The molecule has 24 heavy (non-hydrogen) atoms. The van der Waals surface area contributed by atoms with Crippen LogP contribution in [-0.2, 0) is 0 Å². The Morgan fingerprint density at radius 2 is 2.29 bits per heavy atom. The number of nitrogens with zero attached hydrogens (tertiary/aromatic N) is 2. The number of hydrogen-bond donors (Lipinski definition) is 3. The van der Waals surface area contributed by atoms with Crippen LogP contribution in [0.5, 0.6) is 0 Å². The summed E-state index contributed by atoms with van der Waals surface area (Å²) in [6.07, 6.45) is 3.95. The molecule has 1 aromatic rings. The lowest BCUT2D eigenvalue weighted by Gasteiger charge is -2.22. The number of unbranched alkanes of at least 4 members (excludes halogenated alkanes) is 1. The van der Waals surface area contributed by atoms with Crippen molar-refractivity contribution in [2.75, 3.05) is 31.6 Å². The molecule has 7 heteroatoms. The highest BCUT2D eigenvalue weighted by molar-refractivity contribution is 5.90. The Labute approximate surface area is 141 Å². The Morgan fingerprint density at radius 3 is 3.04 bits per heavy atom. The molecule has 2 rings (SSSR count). The first-order chi connectivity index (χ1) is 11.6. The van der Waals surface area contributed by atoms with Crippen molar-refractivity contribution in [3.63, 3.8) is 0 Å². The third-order valence-electron chi connectivity index (χ3n) is 4.22. The van der Waals surface area contributed by atoms with Crippen molar-refractivity contribution in [3.8, 4) is 6.07 Å². The largest absolute Gasteiger partial charge is 0.395 e. The molecule has 1 atom stereocenters. The molecule has 2 amide bonds. The van der Waals surface area contributed by atoms with E-state index in [1.54, 1.807) is 0 Å². The fourth-order valence-electron chi connectivity index (χ4n) is 2.92. The summed E-state index contributed by atoms with van der Waals surface area (Å²) in [5, 5.41) is 23.5. The molecule has 0 radical (unpaired) electrons. The van der Waals surface area contributed by atoms with Gasteiger partial charge in [0.1, 0.15) is 11.9 Å². The van der Waals surface area contributed by atoms with Gasteiger partial charge in [-0.1, -0.05) is 0 Å². The van der Waals surface area contributed by atoms with E-state index in [0.717, 1.165) is 44.8 Å². The van der Waals surface area contributed by atoms with Crippen molar-refractivity contribution >= 4 is 11.7 Å². The number of carbonyl (C=O) groups excluding carboxylic acids is 1. The maximum absolute atomic E-state index is 13.0. The number of anilines is 1. The first-order valence-corrected chi connectivity index (χ1v) is 8.23. The standard InChI is InChI=1S/C17H23FN4O2/c18-14-5-6-16(13(10-14)11-19)21-17(24)20-7-1-2-8-22-9-3-4-15(22)12-23/h5-6,10,15,23H,1-4,7-9,12H2,(H2,20,21,24). The summed E-state index contributed by atoms with van der Waals surface area (Å²) >= 11 is 0. The van der Waals surface area contributed by atoms with E-state index in [1.807, 2.05) is 6.07 Å². The molecule has 1 unspecified atom stereocenters. The lowest BCUT2D eigenvalue weighted by Crippen LogP contribution is -2.34. The number of aliphatic hydroxyl groups is 1. The first kappa shape index (κ1) is 18.2. The van der Waals surface area contributed by atoms with Crippen LogP contribution < -0.4 is 10.6 Å². The molecular weight excluding hydrogens is 311 g/mol. The van der Waals surface area contributed by atoms with Gasteiger partial charge in [-0.25, -0.2) is 9.18 Å². The average molecular weight is 334 g/mol. The fraction of sp³-hybridized carbons (Fsp3) is 0.529. The number of benzene rings is 1. The van der Waals surface area contributed by atoms with Gasteiger partial charge < -0.3 is 15.7 Å². The van der Waals surface area contributed by atoms with Crippen LogP contribution in [0, 0.1) is 17.1 Å². The van der Waals surface area contributed by atoms with E-state index in [0.29, 0.717) is 12.2 Å². The van der Waals surface area contributed by atoms with Gasteiger partial charge in [0.15, 0.2) is 0 Å². The van der Waals surface area contributed by atoms with Gasteiger partial charge in [-0.05, 0) is 57.0 Å². The highest BCUT2D eigenvalue weighted by atomic mass is 19.1. The van der Waals surface area contributed by atoms with Gasteiger partial charge in [0.05, 0.1) is 17.9 Å². The third kappa shape index (κ3) is 5.18. The van der Waals surface area contributed by atoms with Crippen molar-refractivity contribution in [1.29, 1.82) is 5.26 Å². The first-order valence-electron chi connectivity index (χ1n) is 8.23.